The SMILES string of the molecule is CO[PH](=O)O.CP(O)(O)=S. The summed E-state index contributed by atoms with van der Waals surface area (Å²) in [5.74, 6) is 0. The zero-order valence-electron chi connectivity index (χ0n) is 5.51. The lowest BCUT2D eigenvalue weighted by Gasteiger charge is -1.90. The lowest BCUT2D eigenvalue weighted by atomic mass is 11.8. The van der Waals surface area contributed by atoms with E-state index in [0.29, 0.717) is 0 Å². The zero-order valence-corrected chi connectivity index (χ0v) is 8.22. The van der Waals surface area contributed by atoms with Crippen LogP contribution >= 0.6 is 14.7 Å². The molecule has 0 aliphatic rings. The van der Waals surface area contributed by atoms with Crippen molar-refractivity contribution < 1.29 is 23.8 Å². The van der Waals surface area contributed by atoms with E-state index < -0.39 is 14.7 Å². The summed E-state index contributed by atoms with van der Waals surface area (Å²) in [6.07, 6.45) is 0. The minimum absolute atomic E-state index is 1.18. The Balaban J connectivity index is 0. The molecule has 1 atom stereocenters. The summed E-state index contributed by atoms with van der Waals surface area (Å²) in [6.45, 7) is -1.58. The van der Waals surface area contributed by atoms with E-state index in [9.17, 15) is 4.57 Å². The highest BCUT2D eigenvalue weighted by molar-refractivity contribution is 8.08. The van der Waals surface area contributed by atoms with Crippen molar-refractivity contribution in [2.75, 3.05) is 13.8 Å². The van der Waals surface area contributed by atoms with E-state index in [2.05, 4.69) is 16.3 Å². The van der Waals surface area contributed by atoms with Gasteiger partial charge in [0.2, 0.25) is 0 Å². The van der Waals surface area contributed by atoms with Crippen molar-refractivity contribution in [3.63, 3.8) is 0 Å². The molecule has 64 valence electrons. The van der Waals surface area contributed by atoms with Gasteiger partial charge < -0.3 is 19.2 Å². The van der Waals surface area contributed by atoms with Gasteiger partial charge in [0.1, 0.15) is 0 Å². The van der Waals surface area contributed by atoms with Gasteiger partial charge in [0.25, 0.3) is 0 Å². The first-order valence-corrected chi connectivity index (χ1v) is 6.49. The third-order valence-electron chi connectivity index (χ3n) is 0.175. The van der Waals surface area contributed by atoms with Gasteiger partial charge in [-0.25, -0.2) is 0 Å². The number of hydrogen-bond donors (Lipinski definition) is 3. The summed E-state index contributed by atoms with van der Waals surface area (Å²) in [4.78, 5) is 23.7. The molecule has 8 heteroatoms. The average molecular weight is 208 g/mol. The van der Waals surface area contributed by atoms with E-state index in [-0.39, 0.29) is 0 Å². The predicted octanol–water partition coefficient (Wildman–Crippen LogP) is -0.0749. The molecule has 10 heavy (non-hydrogen) atoms. The standard InChI is InChI=1S/CH5O3P.CH5O2PS/c1-4-5(2)3;1-4(2,3)5/h5H,1H3,(H,2,3);1H3,(H2,2,3,5). The summed E-state index contributed by atoms with van der Waals surface area (Å²) in [7, 11) is -1.44. The lowest BCUT2D eigenvalue weighted by Crippen LogP contribution is -1.63. The van der Waals surface area contributed by atoms with Crippen molar-refractivity contribution in [1.82, 2.24) is 0 Å². The van der Waals surface area contributed by atoms with E-state index in [1.54, 1.807) is 0 Å². The smallest absolute Gasteiger partial charge is 0.316 e. The number of rotatable bonds is 1. The van der Waals surface area contributed by atoms with Crippen LogP contribution in [0.15, 0.2) is 0 Å². The molecule has 1 unspecified atom stereocenters. The third-order valence-corrected chi connectivity index (χ3v) is 0.524. The van der Waals surface area contributed by atoms with E-state index >= 15 is 0 Å². The summed E-state index contributed by atoms with van der Waals surface area (Å²) in [6, 6.07) is 0. The van der Waals surface area contributed by atoms with Gasteiger partial charge in [0.05, 0.1) is 0 Å². The highest BCUT2D eigenvalue weighted by Gasteiger charge is 1.88. The molecular formula is C2H10O5P2S. The van der Waals surface area contributed by atoms with Crippen LogP contribution in [-0.4, -0.2) is 28.5 Å². The van der Waals surface area contributed by atoms with Crippen molar-refractivity contribution in [1.29, 1.82) is 0 Å². The second-order valence-corrected chi connectivity index (χ2v) is 5.99. The summed E-state index contributed by atoms with van der Waals surface area (Å²) in [5, 5.41) is 0. The van der Waals surface area contributed by atoms with Crippen molar-refractivity contribution in [3.8, 4) is 0 Å². The average Bonchev–Trinajstić information content (AvgIpc) is 1.61. The van der Waals surface area contributed by atoms with Crippen molar-refractivity contribution in [3.05, 3.63) is 0 Å². The van der Waals surface area contributed by atoms with Crippen molar-refractivity contribution >= 4 is 26.6 Å². The second-order valence-electron chi connectivity index (χ2n) is 1.31. The van der Waals surface area contributed by atoms with Gasteiger partial charge in [-0.2, -0.15) is 0 Å². The monoisotopic (exact) mass is 208 g/mol. The topological polar surface area (TPSA) is 87.0 Å². The van der Waals surface area contributed by atoms with E-state index in [1.807, 2.05) is 0 Å². The Hall–Kier alpha value is 0.720. The summed E-state index contributed by atoms with van der Waals surface area (Å²) in [5.41, 5.74) is 0. The van der Waals surface area contributed by atoms with E-state index in [1.165, 1.54) is 13.8 Å². The Morgan fingerprint density at radius 2 is 1.70 bits per heavy atom. The normalized spacial score (nSPS) is 13.3. The van der Waals surface area contributed by atoms with Crippen LogP contribution in [0.2, 0.25) is 0 Å². The first-order chi connectivity index (χ1) is 4.27. The fraction of sp³-hybridized carbons (Fsp3) is 1.00. The van der Waals surface area contributed by atoms with Crippen LogP contribution in [0, 0.1) is 0 Å². The molecule has 0 heterocycles. The second kappa shape index (κ2) is 6.43. The molecule has 0 saturated carbocycles. The molecule has 0 aliphatic carbocycles. The molecule has 0 aromatic heterocycles. The summed E-state index contributed by atoms with van der Waals surface area (Å²) >= 11 is 4.05. The maximum absolute atomic E-state index is 9.33. The van der Waals surface area contributed by atoms with Crippen molar-refractivity contribution in [2.24, 2.45) is 0 Å². The molecule has 0 aromatic rings. The van der Waals surface area contributed by atoms with E-state index in [4.69, 9.17) is 14.7 Å². The van der Waals surface area contributed by atoms with Gasteiger partial charge in [-0.05, 0) is 11.8 Å². The molecule has 0 spiro atoms. The zero-order chi connectivity index (χ0) is 8.78. The highest BCUT2D eigenvalue weighted by atomic mass is 32.5. The van der Waals surface area contributed by atoms with Gasteiger partial charge >= 0.3 is 8.25 Å². The first-order valence-electron chi connectivity index (χ1n) is 2.07. The summed E-state index contributed by atoms with van der Waals surface area (Å²) < 4.78 is 13.2. The maximum Gasteiger partial charge on any atom is 0.316 e. The van der Waals surface area contributed by atoms with Crippen LogP contribution < -0.4 is 0 Å². The highest BCUT2D eigenvalue weighted by Crippen LogP contribution is 2.27. The Labute approximate surface area is 64.8 Å². The largest absolute Gasteiger partial charge is 0.345 e. The maximum atomic E-state index is 9.33. The van der Waals surface area contributed by atoms with Crippen LogP contribution in [0.5, 0.6) is 0 Å². The van der Waals surface area contributed by atoms with Crippen LogP contribution in [0.25, 0.3) is 0 Å². The quantitative estimate of drug-likeness (QED) is 0.522. The predicted molar refractivity (Wildman–Crippen MR) is 42.9 cm³/mol. The molecule has 0 aliphatic heterocycles. The molecule has 0 radical (unpaired) electrons. The van der Waals surface area contributed by atoms with Gasteiger partial charge in [0, 0.05) is 13.8 Å². The van der Waals surface area contributed by atoms with E-state index in [0.717, 1.165) is 0 Å². The Morgan fingerprint density at radius 1 is 1.60 bits per heavy atom. The Bertz CT molecular complexity index is 132. The molecule has 0 saturated heterocycles. The Kier molecular flexibility index (Phi) is 8.57. The fourth-order valence-electron chi connectivity index (χ4n) is 0. The molecule has 0 fully saturated rings. The molecule has 0 aromatic carbocycles. The van der Waals surface area contributed by atoms with Gasteiger partial charge in [0.15, 0.2) is 6.49 Å². The molecule has 0 amide bonds. The first kappa shape index (κ1) is 13.3. The molecular weight excluding hydrogens is 198 g/mol. The molecule has 0 bridgehead atoms. The third kappa shape index (κ3) is 70.2. The van der Waals surface area contributed by atoms with Crippen LogP contribution in [0.1, 0.15) is 0 Å². The van der Waals surface area contributed by atoms with Crippen LogP contribution in [0.3, 0.4) is 0 Å². The Morgan fingerprint density at radius 3 is 1.70 bits per heavy atom. The minimum atomic E-state index is -2.81. The molecule has 3 N–H and O–H groups in total. The van der Waals surface area contributed by atoms with Crippen LogP contribution in [0.4, 0.5) is 0 Å². The number of hydrogen-bond acceptors (Lipinski definition) is 3. The fourth-order valence-corrected chi connectivity index (χ4v) is 0. The van der Waals surface area contributed by atoms with Gasteiger partial charge in [-0.1, -0.05) is 0 Å². The lowest BCUT2D eigenvalue weighted by molar-refractivity contribution is 0.343. The van der Waals surface area contributed by atoms with Crippen molar-refractivity contribution in [2.45, 2.75) is 0 Å². The van der Waals surface area contributed by atoms with Crippen LogP contribution in [-0.2, 0) is 20.9 Å². The molecule has 5 nitrogen and oxygen atoms in total. The minimum Gasteiger partial charge on any atom is -0.345 e. The van der Waals surface area contributed by atoms with Gasteiger partial charge in [-0.15, -0.1) is 0 Å². The molecule has 0 rings (SSSR count). The van der Waals surface area contributed by atoms with Gasteiger partial charge in [-0.3, -0.25) is 4.57 Å².